The zero-order valence-electron chi connectivity index (χ0n) is 6.62. The molecule has 0 spiro atoms. The highest BCUT2D eigenvalue weighted by atomic mass is 35.5. The molecule has 0 atom stereocenters. The highest BCUT2D eigenvalue weighted by Gasteiger charge is 2.35. The number of benzene rings is 1. The van der Waals surface area contributed by atoms with Crippen LogP contribution in [-0.2, 0) is 0 Å². The third-order valence-electron chi connectivity index (χ3n) is 1.91. The normalized spacial score (nSPS) is 14.9. The average Bonchev–Trinajstić information content (AvgIpc) is 2.34. The van der Waals surface area contributed by atoms with Gasteiger partial charge in [0.1, 0.15) is 0 Å². The minimum absolute atomic E-state index is 0.0390. The molecule has 2 rings (SSSR count). The Bertz CT molecular complexity index is 417. The summed E-state index contributed by atoms with van der Waals surface area (Å²) >= 11 is 11.3. The second-order valence-electron chi connectivity index (χ2n) is 2.73. The number of carbonyl (C=O) groups excluding carboxylic acids is 2. The van der Waals surface area contributed by atoms with Crippen molar-refractivity contribution in [2.75, 3.05) is 0 Å². The number of nitrogens with zero attached hydrogens (tertiary/aromatic N) is 1. The van der Waals surface area contributed by atoms with Crippen LogP contribution in [0.3, 0.4) is 0 Å². The van der Waals surface area contributed by atoms with Crippen LogP contribution in [0.5, 0.6) is 0 Å². The van der Waals surface area contributed by atoms with E-state index < -0.39 is 11.8 Å². The SMILES string of the molecule is O=C1c2cc(Cl)c(Cl)cc2C(=O)N1O. The molecule has 1 aromatic carbocycles. The fraction of sp³-hybridized carbons (Fsp3) is 0. The maximum atomic E-state index is 11.2. The zero-order chi connectivity index (χ0) is 10.5. The molecule has 72 valence electrons. The Morgan fingerprint density at radius 3 is 1.71 bits per heavy atom. The number of hydrogen-bond donors (Lipinski definition) is 1. The first-order valence-corrected chi connectivity index (χ1v) is 4.34. The number of rotatable bonds is 0. The van der Waals surface area contributed by atoms with E-state index in [4.69, 9.17) is 28.4 Å². The summed E-state index contributed by atoms with van der Waals surface area (Å²) in [6.45, 7) is 0. The molecule has 1 N–H and O–H groups in total. The zero-order valence-corrected chi connectivity index (χ0v) is 8.13. The Morgan fingerprint density at radius 2 is 1.36 bits per heavy atom. The number of fused-ring (bicyclic) bond motifs is 1. The van der Waals surface area contributed by atoms with Crippen molar-refractivity contribution in [3.05, 3.63) is 33.3 Å². The van der Waals surface area contributed by atoms with E-state index in [2.05, 4.69) is 0 Å². The lowest BCUT2D eigenvalue weighted by molar-refractivity contribution is -0.0327. The van der Waals surface area contributed by atoms with Gasteiger partial charge in [0, 0.05) is 0 Å². The fourth-order valence-electron chi connectivity index (χ4n) is 1.22. The van der Waals surface area contributed by atoms with Gasteiger partial charge in [-0.3, -0.25) is 14.8 Å². The van der Waals surface area contributed by atoms with Gasteiger partial charge in [0.2, 0.25) is 0 Å². The predicted molar refractivity (Wildman–Crippen MR) is 48.7 cm³/mol. The van der Waals surface area contributed by atoms with Gasteiger partial charge < -0.3 is 0 Å². The third-order valence-corrected chi connectivity index (χ3v) is 2.63. The molecule has 14 heavy (non-hydrogen) atoms. The van der Waals surface area contributed by atoms with Crippen molar-refractivity contribution in [2.45, 2.75) is 0 Å². The van der Waals surface area contributed by atoms with Crippen LogP contribution < -0.4 is 0 Å². The smallest absolute Gasteiger partial charge is 0.278 e. The van der Waals surface area contributed by atoms with Crippen LogP contribution in [0.25, 0.3) is 0 Å². The quantitative estimate of drug-likeness (QED) is 0.549. The molecule has 2 amide bonds. The lowest BCUT2D eigenvalue weighted by atomic mass is 10.1. The molecule has 1 heterocycles. The Labute approximate surface area is 88.6 Å². The molecule has 1 aromatic rings. The van der Waals surface area contributed by atoms with E-state index in [0.717, 1.165) is 0 Å². The van der Waals surface area contributed by atoms with Crippen molar-refractivity contribution >= 4 is 35.0 Å². The van der Waals surface area contributed by atoms with Gasteiger partial charge in [-0.25, -0.2) is 0 Å². The molecular weight excluding hydrogens is 229 g/mol. The van der Waals surface area contributed by atoms with Gasteiger partial charge in [-0.15, -0.1) is 5.06 Å². The topological polar surface area (TPSA) is 57.6 Å². The van der Waals surface area contributed by atoms with E-state index in [-0.39, 0.29) is 26.2 Å². The van der Waals surface area contributed by atoms with Crippen LogP contribution in [0, 0.1) is 0 Å². The minimum atomic E-state index is -0.788. The molecule has 6 heteroatoms. The maximum absolute atomic E-state index is 11.2. The van der Waals surface area contributed by atoms with Crippen LogP contribution in [0.15, 0.2) is 12.1 Å². The number of carbonyl (C=O) groups is 2. The Balaban J connectivity index is 2.71. The second kappa shape index (κ2) is 2.95. The monoisotopic (exact) mass is 231 g/mol. The summed E-state index contributed by atoms with van der Waals surface area (Å²) in [5.41, 5.74) is 0.124. The van der Waals surface area contributed by atoms with Crippen molar-refractivity contribution in [1.82, 2.24) is 5.06 Å². The predicted octanol–water partition coefficient (Wildman–Crippen LogP) is 1.98. The maximum Gasteiger partial charge on any atom is 0.285 e. The highest BCUT2D eigenvalue weighted by molar-refractivity contribution is 6.43. The number of amides is 2. The molecular formula is C8H3Cl2NO3. The molecule has 0 unspecified atom stereocenters. The minimum Gasteiger partial charge on any atom is -0.278 e. The summed E-state index contributed by atoms with van der Waals surface area (Å²) in [6, 6.07) is 2.52. The van der Waals surface area contributed by atoms with Crippen molar-refractivity contribution in [2.24, 2.45) is 0 Å². The van der Waals surface area contributed by atoms with Crippen molar-refractivity contribution in [1.29, 1.82) is 0 Å². The molecule has 0 aromatic heterocycles. The van der Waals surface area contributed by atoms with Gasteiger partial charge in [0.25, 0.3) is 11.8 Å². The largest absolute Gasteiger partial charge is 0.285 e. The molecule has 4 nitrogen and oxygen atoms in total. The summed E-state index contributed by atoms with van der Waals surface area (Å²) in [6.07, 6.45) is 0. The van der Waals surface area contributed by atoms with Gasteiger partial charge in [0.05, 0.1) is 21.2 Å². The van der Waals surface area contributed by atoms with E-state index in [9.17, 15) is 9.59 Å². The molecule has 1 aliphatic heterocycles. The first-order chi connectivity index (χ1) is 6.52. The first-order valence-electron chi connectivity index (χ1n) is 3.59. The lowest BCUT2D eigenvalue weighted by Gasteiger charge is -1.99. The third kappa shape index (κ3) is 1.12. The summed E-state index contributed by atoms with van der Waals surface area (Å²) in [5, 5.41) is 9.39. The Kier molecular flexibility index (Phi) is 1.99. The molecule has 0 radical (unpaired) electrons. The summed E-state index contributed by atoms with van der Waals surface area (Å²) in [4.78, 5) is 22.4. The van der Waals surface area contributed by atoms with E-state index in [1.54, 1.807) is 0 Å². The highest BCUT2D eigenvalue weighted by Crippen LogP contribution is 2.30. The number of halogens is 2. The molecule has 1 aliphatic rings. The second-order valence-corrected chi connectivity index (χ2v) is 3.55. The van der Waals surface area contributed by atoms with Crippen molar-refractivity contribution < 1.29 is 14.8 Å². The van der Waals surface area contributed by atoms with E-state index in [1.165, 1.54) is 12.1 Å². The summed E-state index contributed by atoms with van der Waals surface area (Å²) in [5.74, 6) is -1.58. The first kappa shape index (κ1) is 9.45. The fourth-order valence-corrected chi connectivity index (χ4v) is 1.55. The number of imide groups is 1. The summed E-state index contributed by atoms with van der Waals surface area (Å²) in [7, 11) is 0. The van der Waals surface area contributed by atoms with Crippen molar-refractivity contribution in [3.63, 3.8) is 0 Å². The standard InChI is InChI=1S/C8H3Cl2NO3/c9-5-1-3-4(2-6(5)10)8(13)11(14)7(3)12/h1-2,14H. The number of hydrogen-bond acceptors (Lipinski definition) is 3. The van der Waals surface area contributed by atoms with Crippen molar-refractivity contribution in [3.8, 4) is 0 Å². The average molecular weight is 232 g/mol. The van der Waals surface area contributed by atoms with Gasteiger partial charge in [-0.05, 0) is 12.1 Å². The van der Waals surface area contributed by atoms with Gasteiger partial charge in [-0.2, -0.15) is 0 Å². The molecule has 0 bridgehead atoms. The number of hydroxylamine groups is 2. The Morgan fingerprint density at radius 1 is 1.00 bits per heavy atom. The van der Waals surface area contributed by atoms with E-state index in [0.29, 0.717) is 0 Å². The van der Waals surface area contributed by atoms with Crippen LogP contribution >= 0.6 is 23.2 Å². The summed E-state index contributed by atoms with van der Waals surface area (Å²) < 4.78 is 0. The van der Waals surface area contributed by atoms with Gasteiger partial charge in [0.15, 0.2) is 0 Å². The molecule has 0 aliphatic carbocycles. The van der Waals surface area contributed by atoms with Crippen LogP contribution in [-0.4, -0.2) is 22.1 Å². The van der Waals surface area contributed by atoms with Gasteiger partial charge in [-0.1, -0.05) is 23.2 Å². The van der Waals surface area contributed by atoms with Gasteiger partial charge >= 0.3 is 0 Å². The lowest BCUT2D eigenvalue weighted by Crippen LogP contribution is -2.25. The van der Waals surface area contributed by atoms with E-state index in [1.807, 2.05) is 0 Å². The Hall–Kier alpha value is -1.10. The molecule has 0 saturated carbocycles. The molecule has 0 saturated heterocycles. The van der Waals surface area contributed by atoms with Crippen LogP contribution in [0.4, 0.5) is 0 Å². The van der Waals surface area contributed by atoms with Crippen LogP contribution in [0.1, 0.15) is 20.7 Å². The van der Waals surface area contributed by atoms with E-state index >= 15 is 0 Å². The van der Waals surface area contributed by atoms with Crippen LogP contribution in [0.2, 0.25) is 10.0 Å². The molecule has 0 fully saturated rings.